The van der Waals surface area contributed by atoms with Crippen molar-refractivity contribution in [2.45, 2.75) is 17.3 Å². The zero-order valence-electron chi connectivity index (χ0n) is 10.5. The second-order valence-electron chi connectivity index (χ2n) is 3.87. The number of benzene rings is 1. The van der Waals surface area contributed by atoms with Crippen molar-refractivity contribution >= 4 is 44.9 Å². The van der Waals surface area contributed by atoms with Crippen LogP contribution >= 0.6 is 23.1 Å². The minimum absolute atomic E-state index is 0.0357. The topological polar surface area (TPSA) is 54.0 Å². The zero-order chi connectivity index (χ0) is 13.1. The van der Waals surface area contributed by atoms with Crippen molar-refractivity contribution < 1.29 is 4.79 Å². The molecule has 1 amide bonds. The van der Waals surface area contributed by atoms with Crippen LogP contribution in [0.3, 0.4) is 0 Å². The molecule has 0 bridgehead atoms. The van der Waals surface area contributed by atoms with Crippen LogP contribution in [0.5, 0.6) is 0 Å². The summed E-state index contributed by atoms with van der Waals surface area (Å²) in [6.45, 7) is 1.83. The SMILES string of the molecule is CNC(C)C(=O)Nc1ccc2nc(SC)sc2c1. The lowest BCUT2D eigenvalue weighted by molar-refractivity contribution is -0.117. The number of hydrogen-bond donors (Lipinski definition) is 2. The Morgan fingerprint density at radius 2 is 2.28 bits per heavy atom. The van der Waals surface area contributed by atoms with Gasteiger partial charge in [0.15, 0.2) is 4.34 Å². The van der Waals surface area contributed by atoms with Crippen molar-refractivity contribution in [3.8, 4) is 0 Å². The van der Waals surface area contributed by atoms with Crippen LogP contribution in [0.4, 0.5) is 5.69 Å². The molecule has 1 heterocycles. The van der Waals surface area contributed by atoms with Gasteiger partial charge in [0.2, 0.25) is 5.91 Å². The maximum atomic E-state index is 11.8. The summed E-state index contributed by atoms with van der Waals surface area (Å²) in [6, 6.07) is 5.58. The first-order valence-electron chi connectivity index (χ1n) is 5.56. The first-order chi connectivity index (χ1) is 8.63. The number of carbonyl (C=O) groups excluding carboxylic acids is 1. The molecule has 1 unspecified atom stereocenters. The summed E-state index contributed by atoms with van der Waals surface area (Å²) in [6.07, 6.45) is 2.01. The molecule has 0 saturated heterocycles. The van der Waals surface area contributed by atoms with E-state index in [-0.39, 0.29) is 11.9 Å². The van der Waals surface area contributed by atoms with Crippen LogP contribution < -0.4 is 10.6 Å². The van der Waals surface area contributed by atoms with Crippen LogP contribution in [0, 0.1) is 0 Å². The van der Waals surface area contributed by atoms with Gasteiger partial charge in [-0.1, -0.05) is 11.8 Å². The third-order valence-corrected chi connectivity index (χ3v) is 4.64. The van der Waals surface area contributed by atoms with Crippen molar-refractivity contribution in [3.63, 3.8) is 0 Å². The lowest BCUT2D eigenvalue weighted by Gasteiger charge is -2.10. The van der Waals surface area contributed by atoms with E-state index in [1.807, 2.05) is 31.4 Å². The maximum Gasteiger partial charge on any atom is 0.241 e. The Balaban J connectivity index is 2.21. The molecule has 0 aliphatic heterocycles. The van der Waals surface area contributed by atoms with Gasteiger partial charge in [-0.05, 0) is 38.4 Å². The van der Waals surface area contributed by atoms with Crippen molar-refractivity contribution in [3.05, 3.63) is 18.2 Å². The van der Waals surface area contributed by atoms with E-state index < -0.39 is 0 Å². The molecule has 2 rings (SSSR count). The van der Waals surface area contributed by atoms with E-state index in [9.17, 15) is 4.79 Å². The Kier molecular flexibility index (Phi) is 4.21. The highest BCUT2D eigenvalue weighted by atomic mass is 32.2. The summed E-state index contributed by atoms with van der Waals surface area (Å²) in [5, 5.41) is 5.79. The summed E-state index contributed by atoms with van der Waals surface area (Å²) in [7, 11) is 1.77. The molecule has 2 N–H and O–H groups in total. The van der Waals surface area contributed by atoms with Gasteiger partial charge in [0.05, 0.1) is 16.3 Å². The third-order valence-electron chi connectivity index (χ3n) is 2.64. The molecule has 0 radical (unpaired) electrons. The van der Waals surface area contributed by atoms with E-state index in [1.54, 1.807) is 30.1 Å². The van der Waals surface area contributed by atoms with Crippen LogP contribution in [0.25, 0.3) is 10.2 Å². The Morgan fingerprint density at radius 3 is 2.94 bits per heavy atom. The summed E-state index contributed by atoms with van der Waals surface area (Å²) in [5.74, 6) is -0.0357. The number of thiazole rings is 1. The highest BCUT2D eigenvalue weighted by Gasteiger charge is 2.11. The minimum Gasteiger partial charge on any atom is -0.325 e. The first-order valence-corrected chi connectivity index (χ1v) is 7.61. The molecule has 0 saturated carbocycles. The highest BCUT2D eigenvalue weighted by molar-refractivity contribution is 8.00. The van der Waals surface area contributed by atoms with Gasteiger partial charge in [0.25, 0.3) is 0 Å². The molecule has 1 atom stereocenters. The Labute approximate surface area is 114 Å². The number of carbonyl (C=O) groups is 1. The van der Waals surface area contributed by atoms with E-state index in [2.05, 4.69) is 15.6 Å². The molecule has 18 heavy (non-hydrogen) atoms. The molecule has 2 aromatic rings. The predicted molar refractivity (Wildman–Crippen MR) is 78.6 cm³/mol. The van der Waals surface area contributed by atoms with Crippen LogP contribution in [0.15, 0.2) is 22.5 Å². The Morgan fingerprint density at radius 1 is 1.50 bits per heavy atom. The molecule has 1 aromatic heterocycles. The van der Waals surface area contributed by atoms with Crippen LogP contribution in [-0.2, 0) is 4.79 Å². The fourth-order valence-electron chi connectivity index (χ4n) is 1.45. The highest BCUT2D eigenvalue weighted by Crippen LogP contribution is 2.29. The number of nitrogens with zero attached hydrogens (tertiary/aromatic N) is 1. The van der Waals surface area contributed by atoms with Crippen LogP contribution in [0.1, 0.15) is 6.92 Å². The standard InChI is InChI=1S/C12H15N3OS2/c1-7(13-2)11(16)14-8-4-5-9-10(6-8)18-12(15-9)17-3/h4-7,13H,1-3H3,(H,14,16). The number of aromatic nitrogens is 1. The first kappa shape index (κ1) is 13.3. The fourth-order valence-corrected chi connectivity index (χ4v) is 2.98. The van der Waals surface area contributed by atoms with Gasteiger partial charge in [-0.25, -0.2) is 4.98 Å². The summed E-state index contributed by atoms with van der Waals surface area (Å²) in [5.41, 5.74) is 1.79. The minimum atomic E-state index is -0.205. The normalized spacial score (nSPS) is 12.6. The molecule has 0 aliphatic carbocycles. The summed E-state index contributed by atoms with van der Waals surface area (Å²) in [4.78, 5) is 16.2. The molecule has 0 spiro atoms. The molecular formula is C12H15N3OS2. The molecule has 0 fully saturated rings. The van der Waals surface area contributed by atoms with E-state index >= 15 is 0 Å². The van der Waals surface area contributed by atoms with Crippen LogP contribution in [0.2, 0.25) is 0 Å². The average Bonchev–Trinajstić information content (AvgIpc) is 2.79. The van der Waals surface area contributed by atoms with E-state index in [0.29, 0.717) is 0 Å². The maximum absolute atomic E-state index is 11.8. The summed E-state index contributed by atoms with van der Waals surface area (Å²) >= 11 is 3.27. The van der Waals surface area contributed by atoms with Crippen molar-refractivity contribution in [1.29, 1.82) is 0 Å². The van der Waals surface area contributed by atoms with Crippen molar-refractivity contribution in [2.75, 3.05) is 18.6 Å². The second kappa shape index (κ2) is 5.69. The van der Waals surface area contributed by atoms with Gasteiger partial charge in [-0.15, -0.1) is 11.3 Å². The number of anilines is 1. The van der Waals surface area contributed by atoms with Crippen molar-refractivity contribution in [1.82, 2.24) is 10.3 Å². The van der Waals surface area contributed by atoms with Gasteiger partial charge in [-0.2, -0.15) is 0 Å². The number of rotatable bonds is 4. The number of fused-ring (bicyclic) bond motifs is 1. The van der Waals surface area contributed by atoms with Gasteiger partial charge < -0.3 is 10.6 Å². The van der Waals surface area contributed by atoms with E-state index in [0.717, 1.165) is 20.2 Å². The molecule has 6 heteroatoms. The molecule has 1 aromatic carbocycles. The van der Waals surface area contributed by atoms with Crippen LogP contribution in [-0.4, -0.2) is 30.2 Å². The van der Waals surface area contributed by atoms with Gasteiger partial charge in [0, 0.05) is 5.69 Å². The largest absolute Gasteiger partial charge is 0.325 e. The monoisotopic (exact) mass is 281 g/mol. The molecule has 0 aliphatic rings. The van der Waals surface area contributed by atoms with E-state index in [1.165, 1.54) is 0 Å². The quantitative estimate of drug-likeness (QED) is 0.846. The fraction of sp³-hybridized carbons (Fsp3) is 0.333. The second-order valence-corrected chi connectivity index (χ2v) is 5.95. The predicted octanol–water partition coefficient (Wildman–Crippen LogP) is 2.56. The lowest BCUT2D eigenvalue weighted by atomic mass is 10.2. The van der Waals surface area contributed by atoms with Crippen molar-refractivity contribution in [2.24, 2.45) is 0 Å². The van der Waals surface area contributed by atoms with Gasteiger partial charge in [-0.3, -0.25) is 4.79 Å². The number of thioether (sulfide) groups is 1. The average molecular weight is 281 g/mol. The molecule has 4 nitrogen and oxygen atoms in total. The molecular weight excluding hydrogens is 266 g/mol. The Bertz CT molecular complexity index is 567. The zero-order valence-corrected chi connectivity index (χ0v) is 12.1. The number of amides is 1. The number of nitrogens with one attached hydrogen (secondary N) is 2. The third kappa shape index (κ3) is 2.82. The molecule has 96 valence electrons. The Hall–Kier alpha value is -1.11. The number of likely N-dealkylation sites (N-methyl/N-ethyl adjacent to an activating group) is 1. The van der Waals surface area contributed by atoms with Gasteiger partial charge in [0.1, 0.15) is 0 Å². The summed E-state index contributed by atoms with van der Waals surface area (Å²) < 4.78 is 2.13. The van der Waals surface area contributed by atoms with Gasteiger partial charge >= 0.3 is 0 Å². The lowest BCUT2D eigenvalue weighted by Crippen LogP contribution is -2.35. The van der Waals surface area contributed by atoms with E-state index in [4.69, 9.17) is 0 Å². The smallest absolute Gasteiger partial charge is 0.241 e. The number of hydrogen-bond acceptors (Lipinski definition) is 5.